The number of carbonyl (C=O) groups is 2. The number of aliphatic carboxylic acids is 1. The van der Waals surface area contributed by atoms with Gasteiger partial charge < -0.3 is 16.2 Å². The van der Waals surface area contributed by atoms with Crippen molar-refractivity contribution in [2.24, 2.45) is 5.73 Å². The van der Waals surface area contributed by atoms with Crippen LogP contribution in [0.4, 0.5) is 0 Å². The number of hydrogen-bond acceptors (Lipinski definition) is 3. The lowest BCUT2D eigenvalue weighted by atomic mass is 10.3. The SMILES string of the molecule is CC(NC(=O)CCN)C(=O)O. The minimum atomic E-state index is -1.05. The van der Waals surface area contributed by atoms with Gasteiger partial charge >= 0.3 is 5.97 Å². The summed E-state index contributed by atoms with van der Waals surface area (Å²) in [6.07, 6.45) is 0.164. The number of carboxylic acid groups (broad SMARTS) is 1. The first kappa shape index (κ1) is 9.90. The van der Waals surface area contributed by atoms with Gasteiger partial charge in [0.15, 0.2) is 0 Å². The fourth-order valence-electron chi connectivity index (χ4n) is 0.506. The van der Waals surface area contributed by atoms with Crippen LogP contribution in [0.25, 0.3) is 0 Å². The summed E-state index contributed by atoms with van der Waals surface area (Å²) in [5.74, 6) is -1.38. The largest absolute Gasteiger partial charge is 0.480 e. The molecule has 0 aliphatic carbocycles. The van der Waals surface area contributed by atoms with Crippen molar-refractivity contribution in [2.75, 3.05) is 6.54 Å². The molecule has 0 aromatic carbocycles. The second-order valence-electron chi connectivity index (χ2n) is 2.17. The van der Waals surface area contributed by atoms with E-state index in [1.54, 1.807) is 0 Å². The normalized spacial score (nSPS) is 12.2. The number of amides is 1. The van der Waals surface area contributed by atoms with Crippen LogP contribution in [-0.4, -0.2) is 29.6 Å². The monoisotopic (exact) mass is 160 g/mol. The standard InChI is InChI=1S/C6H12N2O3/c1-4(6(10)11)8-5(9)2-3-7/h4H,2-3,7H2,1H3,(H,8,9)(H,10,11). The number of carboxylic acids is 1. The third kappa shape index (κ3) is 4.32. The average molecular weight is 160 g/mol. The molecule has 0 aromatic rings. The Morgan fingerprint density at radius 3 is 2.55 bits per heavy atom. The van der Waals surface area contributed by atoms with Crippen LogP contribution in [0.5, 0.6) is 0 Å². The maximum absolute atomic E-state index is 10.7. The van der Waals surface area contributed by atoms with Crippen molar-refractivity contribution >= 4 is 11.9 Å². The Morgan fingerprint density at radius 2 is 2.18 bits per heavy atom. The van der Waals surface area contributed by atoms with E-state index >= 15 is 0 Å². The highest BCUT2D eigenvalue weighted by Crippen LogP contribution is 1.82. The Kier molecular flexibility index (Phi) is 4.21. The summed E-state index contributed by atoms with van der Waals surface area (Å²) < 4.78 is 0. The number of nitrogens with one attached hydrogen (secondary N) is 1. The second-order valence-corrected chi connectivity index (χ2v) is 2.17. The van der Waals surface area contributed by atoms with Crippen LogP contribution in [0.3, 0.4) is 0 Å². The van der Waals surface area contributed by atoms with E-state index < -0.39 is 12.0 Å². The third-order valence-electron chi connectivity index (χ3n) is 1.12. The maximum Gasteiger partial charge on any atom is 0.325 e. The first-order valence-electron chi connectivity index (χ1n) is 3.30. The molecule has 1 unspecified atom stereocenters. The van der Waals surface area contributed by atoms with E-state index in [2.05, 4.69) is 5.32 Å². The molecule has 64 valence electrons. The Hall–Kier alpha value is -1.10. The smallest absolute Gasteiger partial charge is 0.325 e. The van der Waals surface area contributed by atoms with E-state index in [4.69, 9.17) is 10.8 Å². The van der Waals surface area contributed by atoms with Gasteiger partial charge in [-0.25, -0.2) is 0 Å². The van der Waals surface area contributed by atoms with Crippen molar-refractivity contribution in [1.82, 2.24) is 5.32 Å². The quantitative estimate of drug-likeness (QED) is 0.488. The van der Waals surface area contributed by atoms with Gasteiger partial charge in [0.25, 0.3) is 0 Å². The van der Waals surface area contributed by atoms with Crippen molar-refractivity contribution < 1.29 is 14.7 Å². The topological polar surface area (TPSA) is 92.4 Å². The van der Waals surface area contributed by atoms with Crippen molar-refractivity contribution in [3.05, 3.63) is 0 Å². The summed E-state index contributed by atoms with van der Waals surface area (Å²) in [5.41, 5.74) is 5.07. The van der Waals surface area contributed by atoms with Crippen molar-refractivity contribution in [3.63, 3.8) is 0 Å². The van der Waals surface area contributed by atoms with Gasteiger partial charge in [0.1, 0.15) is 6.04 Å². The van der Waals surface area contributed by atoms with Crippen molar-refractivity contribution in [3.8, 4) is 0 Å². The summed E-state index contributed by atoms with van der Waals surface area (Å²) in [4.78, 5) is 20.9. The zero-order chi connectivity index (χ0) is 8.85. The minimum Gasteiger partial charge on any atom is -0.480 e. The number of rotatable bonds is 4. The molecule has 0 saturated heterocycles. The predicted molar refractivity (Wildman–Crippen MR) is 38.9 cm³/mol. The highest BCUT2D eigenvalue weighted by atomic mass is 16.4. The molecule has 5 heteroatoms. The molecule has 0 spiro atoms. The molecule has 0 fully saturated rings. The van der Waals surface area contributed by atoms with Gasteiger partial charge in [-0.3, -0.25) is 9.59 Å². The van der Waals surface area contributed by atoms with Gasteiger partial charge in [-0.05, 0) is 6.92 Å². The lowest BCUT2D eigenvalue weighted by Gasteiger charge is -2.07. The van der Waals surface area contributed by atoms with Crippen LogP contribution >= 0.6 is 0 Å². The molecule has 11 heavy (non-hydrogen) atoms. The molecule has 1 amide bonds. The summed E-state index contributed by atoms with van der Waals surface area (Å²) in [7, 11) is 0. The summed E-state index contributed by atoms with van der Waals surface area (Å²) >= 11 is 0. The van der Waals surface area contributed by atoms with E-state index in [1.165, 1.54) is 6.92 Å². The molecule has 0 aromatic heterocycles. The Labute approximate surface area is 64.6 Å². The number of carbonyl (C=O) groups excluding carboxylic acids is 1. The molecular weight excluding hydrogens is 148 g/mol. The molecule has 0 rings (SSSR count). The van der Waals surface area contributed by atoms with Crippen molar-refractivity contribution in [1.29, 1.82) is 0 Å². The van der Waals surface area contributed by atoms with Gasteiger partial charge in [0, 0.05) is 13.0 Å². The van der Waals surface area contributed by atoms with Gasteiger partial charge in [0.2, 0.25) is 5.91 Å². The molecule has 1 atom stereocenters. The average Bonchev–Trinajstić information content (AvgIpc) is 1.87. The van der Waals surface area contributed by atoms with Crippen LogP contribution in [-0.2, 0) is 9.59 Å². The fourth-order valence-corrected chi connectivity index (χ4v) is 0.506. The van der Waals surface area contributed by atoms with E-state index in [-0.39, 0.29) is 18.9 Å². The second kappa shape index (κ2) is 4.68. The van der Waals surface area contributed by atoms with Crippen LogP contribution in [0.2, 0.25) is 0 Å². The van der Waals surface area contributed by atoms with Gasteiger partial charge in [0.05, 0.1) is 0 Å². The Bertz CT molecular complexity index is 158. The lowest BCUT2D eigenvalue weighted by Crippen LogP contribution is -2.38. The lowest BCUT2D eigenvalue weighted by molar-refractivity contribution is -0.141. The molecular formula is C6H12N2O3. The molecule has 0 saturated carbocycles. The first-order chi connectivity index (χ1) is 5.07. The molecule has 0 bridgehead atoms. The molecule has 0 aliphatic rings. The van der Waals surface area contributed by atoms with Crippen LogP contribution in [0.15, 0.2) is 0 Å². The maximum atomic E-state index is 10.7. The number of hydrogen-bond donors (Lipinski definition) is 3. The summed E-state index contributed by atoms with van der Waals surface area (Å²) in [6, 6.07) is -0.839. The number of nitrogens with two attached hydrogens (primary N) is 1. The predicted octanol–water partition coefficient (Wildman–Crippen LogP) is -1.08. The van der Waals surface area contributed by atoms with Gasteiger partial charge in [-0.1, -0.05) is 0 Å². The van der Waals surface area contributed by atoms with Crippen LogP contribution in [0.1, 0.15) is 13.3 Å². The van der Waals surface area contributed by atoms with E-state index in [0.717, 1.165) is 0 Å². The highest BCUT2D eigenvalue weighted by molar-refractivity contribution is 5.83. The van der Waals surface area contributed by atoms with Crippen LogP contribution < -0.4 is 11.1 Å². The van der Waals surface area contributed by atoms with E-state index in [9.17, 15) is 9.59 Å². The van der Waals surface area contributed by atoms with Crippen molar-refractivity contribution in [2.45, 2.75) is 19.4 Å². The molecule has 5 nitrogen and oxygen atoms in total. The molecule has 0 heterocycles. The summed E-state index contributed by atoms with van der Waals surface area (Å²) in [6.45, 7) is 1.63. The van der Waals surface area contributed by atoms with Gasteiger partial charge in [-0.15, -0.1) is 0 Å². The Balaban J connectivity index is 3.66. The Morgan fingerprint density at radius 1 is 1.64 bits per heavy atom. The van der Waals surface area contributed by atoms with E-state index in [0.29, 0.717) is 0 Å². The highest BCUT2D eigenvalue weighted by Gasteiger charge is 2.12. The van der Waals surface area contributed by atoms with Crippen LogP contribution in [0, 0.1) is 0 Å². The molecule has 0 radical (unpaired) electrons. The van der Waals surface area contributed by atoms with Gasteiger partial charge in [-0.2, -0.15) is 0 Å². The zero-order valence-electron chi connectivity index (χ0n) is 6.33. The first-order valence-corrected chi connectivity index (χ1v) is 3.30. The molecule has 4 N–H and O–H groups in total. The fraction of sp³-hybridized carbons (Fsp3) is 0.667. The minimum absolute atomic E-state index is 0.164. The third-order valence-corrected chi connectivity index (χ3v) is 1.12. The van der Waals surface area contributed by atoms with E-state index in [1.807, 2.05) is 0 Å². The molecule has 0 aliphatic heterocycles. The summed E-state index contributed by atoms with van der Waals surface area (Å²) in [5, 5.41) is 10.6. The zero-order valence-corrected chi connectivity index (χ0v) is 6.33.